The number of hydrogen-bond donors (Lipinski definition) is 1. The van der Waals surface area contributed by atoms with Crippen molar-refractivity contribution in [3.63, 3.8) is 0 Å². The Kier molecular flexibility index (Phi) is 3.64. The lowest BCUT2D eigenvalue weighted by Crippen LogP contribution is -2.33. The molecule has 2 heterocycles. The lowest BCUT2D eigenvalue weighted by Gasteiger charge is -2.15. The van der Waals surface area contributed by atoms with Gasteiger partial charge >= 0.3 is 0 Å². The van der Waals surface area contributed by atoms with Gasteiger partial charge in [-0.05, 0) is 25.0 Å². The summed E-state index contributed by atoms with van der Waals surface area (Å²) in [5.74, 6) is -0.390. The van der Waals surface area contributed by atoms with Crippen LogP contribution in [0.1, 0.15) is 23.2 Å². The van der Waals surface area contributed by atoms with Crippen LogP contribution in [-0.4, -0.2) is 33.6 Å². The van der Waals surface area contributed by atoms with Crippen LogP contribution in [0.4, 0.5) is 8.78 Å². The third-order valence-electron chi connectivity index (χ3n) is 3.99. The van der Waals surface area contributed by atoms with Gasteiger partial charge in [0.15, 0.2) is 0 Å². The van der Waals surface area contributed by atoms with Crippen molar-refractivity contribution in [1.29, 1.82) is 0 Å². The Morgan fingerprint density at radius 1 is 1.50 bits per heavy atom. The topological polar surface area (TPSA) is 59.8 Å². The van der Waals surface area contributed by atoms with Gasteiger partial charge in [0.2, 0.25) is 6.43 Å². The van der Waals surface area contributed by atoms with Crippen molar-refractivity contribution < 1.29 is 13.6 Å². The minimum atomic E-state index is -2.40. The SMILES string of the molecule is Cn1cc(-c2ncccc2C(=O)NCC2(C(F)F)CC2)cn1. The molecule has 0 unspecified atom stereocenters. The lowest BCUT2D eigenvalue weighted by atomic mass is 10.1. The van der Waals surface area contributed by atoms with Crippen molar-refractivity contribution in [3.8, 4) is 11.3 Å². The van der Waals surface area contributed by atoms with Crippen LogP contribution in [0.5, 0.6) is 0 Å². The van der Waals surface area contributed by atoms with Crippen molar-refractivity contribution >= 4 is 5.91 Å². The molecule has 5 nitrogen and oxygen atoms in total. The molecule has 1 N–H and O–H groups in total. The molecule has 0 atom stereocenters. The van der Waals surface area contributed by atoms with Gasteiger partial charge in [0.05, 0.1) is 17.5 Å². The average Bonchev–Trinajstić information content (AvgIpc) is 3.20. The molecule has 1 saturated carbocycles. The maximum Gasteiger partial charge on any atom is 0.253 e. The normalized spacial score (nSPS) is 15.8. The van der Waals surface area contributed by atoms with E-state index in [1.54, 1.807) is 42.5 Å². The van der Waals surface area contributed by atoms with Gasteiger partial charge in [-0.3, -0.25) is 14.5 Å². The fourth-order valence-electron chi connectivity index (χ4n) is 2.35. The highest BCUT2D eigenvalue weighted by atomic mass is 19.3. The van der Waals surface area contributed by atoms with Crippen molar-refractivity contribution in [2.24, 2.45) is 12.5 Å². The summed E-state index contributed by atoms with van der Waals surface area (Å²) >= 11 is 0. The van der Waals surface area contributed by atoms with Gasteiger partial charge in [-0.25, -0.2) is 8.78 Å². The van der Waals surface area contributed by atoms with E-state index >= 15 is 0 Å². The molecule has 3 rings (SSSR count). The Balaban J connectivity index is 1.78. The van der Waals surface area contributed by atoms with E-state index in [1.165, 1.54) is 0 Å². The van der Waals surface area contributed by atoms with E-state index in [0.29, 0.717) is 29.7 Å². The van der Waals surface area contributed by atoms with Crippen LogP contribution in [0.25, 0.3) is 11.3 Å². The molecule has 2 aromatic rings. The Labute approximate surface area is 126 Å². The number of nitrogens with zero attached hydrogens (tertiary/aromatic N) is 3. The number of carbonyl (C=O) groups is 1. The van der Waals surface area contributed by atoms with Crippen LogP contribution >= 0.6 is 0 Å². The fraction of sp³-hybridized carbons (Fsp3) is 0.400. The van der Waals surface area contributed by atoms with Gasteiger partial charge in [-0.15, -0.1) is 0 Å². The molecular formula is C15H16F2N4O. The van der Waals surface area contributed by atoms with Crippen molar-refractivity contribution in [2.75, 3.05) is 6.54 Å². The summed E-state index contributed by atoms with van der Waals surface area (Å²) in [6, 6.07) is 3.28. The summed E-state index contributed by atoms with van der Waals surface area (Å²) in [7, 11) is 1.77. The van der Waals surface area contributed by atoms with E-state index < -0.39 is 11.8 Å². The molecule has 1 aliphatic rings. The number of rotatable bonds is 5. The molecule has 0 bridgehead atoms. The summed E-state index contributed by atoms with van der Waals surface area (Å²) in [6.07, 6.45) is 3.45. The summed E-state index contributed by atoms with van der Waals surface area (Å²) in [4.78, 5) is 16.5. The monoisotopic (exact) mass is 306 g/mol. The van der Waals surface area contributed by atoms with E-state index in [9.17, 15) is 13.6 Å². The number of aromatic nitrogens is 3. The number of pyridine rings is 1. The quantitative estimate of drug-likeness (QED) is 0.922. The Morgan fingerprint density at radius 3 is 2.86 bits per heavy atom. The zero-order chi connectivity index (χ0) is 15.7. The molecule has 1 aliphatic carbocycles. The molecule has 0 saturated heterocycles. The van der Waals surface area contributed by atoms with E-state index in [1.807, 2.05) is 0 Å². The van der Waals surface area contributed by atoms with E-state index in [2.05, 4.69) is 15.4 Å². The second kappa shape index (κ2) is 5.47. The molecular weight excluding hydrogens is 290 g/mol. The molecule has 1 fully saturated rings. The van der Waals surface area contributed by atoms with Crippen LogP contribution in [0, 0.1) is 5.41 Å². The average molecular weight is 306 g/mol. The van der Waals surface area contributed by atoms with Gasteiger partial charge in [0.25, 0.3) is 5.91 Å². The first-order valence-electron chi connectivity index (χ1n) is 7.02. The van der Waals surface area contributed by atoms with Crippen LogP contribution < -0.4 is 5.32 Å². The maximum atomic E-state index is 12.9. The number of hydrogen-bond acceptors (Lipinski definition) is 3. The highest BCUT2D eigenvalue weighted by molar-refractivity contribution is 5.99. The van der Waals surface area contributed by atoms with Gasteiger partial charge in [-0.2, -0.15) is 5.10 Å². The predicted molar refractivity (Wildman–Crippen MR) is 76.4 cm³/mol. The van der Waals surface area contributed by atoms with Gasteiger partial charge in [-0.1, -0.05) is 0 Å². The first kappa shape index (κ1) is 14.6. The smallest absolute Gasteiger partial charge is 0.253 e. The standard InChI is InChI=1S/C15H16F2N4O/c1-21-8-10(7-20-21)12-11(3-2-6-18-12)13(22)19-9-15(4-5-15)14(16)17/h2-3,6-8,14H,4-5,9H2,1H3,(H,19,22). The molecule has 1 amide bonds. The first-order valence-corrected chi connectivity index (χ1v) is 7.02. The second-order valence-corrected chi connectivity index (χ2v) is 5.65. The number of amides is 1. The number of alkyl halides is 2. The highest BCUT2D eigenvalue weighted by Gasteiger charge is 2.51. The van der Waals surface area contributed by atoms with Crippen LogP contribution in [0.15, 0.2) is 30.7 Å². The summed E-state index contributed by atoms with van der Waals surface area (Å²) in [6.45, 7) is -0.00905. The zero-order valence-corrected chi connectivity index (χ0v) is 12.1. The third kappa shape index (κ3) is 2.70. The maximum absolute atomic E-state index is 12.9. The van der Waals surface area contributed by atoms with E-state index in [0.717, 1.165) is 0 Å². The molecule has 0 aromatic carbocycles. The van der Waals surface area contributed by atoms with E-state index in [-0.39, 0.29) is 12.5 Å². The Morgan fingerprint density at radius 2 is 2.27 bits per heavy atom. The van der Waals surface area contributed by atoms with Crippen molar-refractivity contribution in [3.05, 3.63) is 36.3 Å². The number of halogens is 2. The van der Waals surface area contributed by atoms with Gasteiger partial charge in [0.1, 0.15) is 0 Å². The predicted octanol–water partition coefficient (Wildman–Crippen LogP) is 2.26. The van der Waals surface area contributed by atoms with Gasteiger partial charge in [0, 0.05) is 37.0 Å². The van der Waals surface area contributed by atoms with Gasteiger partial charge < -0.3 is 5.32 Å². The molecule has 116 valence electrons. The minimum Gasteiger partial charge on any atom is -0.351 e. The Bertz CT molecular complexity index is 694. The Hall–Kier alpha value is -2.31. The second-order valence-electron chi connectivity index (χ2n) is 5.65. The summed E-state index contributed by atoms with van der Waals surface area (Å²) < 4.78 is 27.4. The van der Waals surface area contributed by atoms with Crippen LogP contribution in [0.2, 0.25) is 0 Å². The number of aryl methyl sites for hydroxylation is 1. The minimum absolute atomic E-state index is 0.00905. The summed E-state index contributed by atoms with van der Waals surface area (Å²) in [5.41, 5.74) is 0.533. The number of carbonyl (C=O) groups excluding carboxylic acids is 1. The van der Waals surface area contributed by atoms with Crippen LogP contribution in [-0.2, 0) is 7.05 Å². The molecule has 0 spiro atoms. The zero-order valence-electron chi connectivity index (χ0n) is 12.1. The van der Waals surface area contributed by atoms with Crippen LogP contribution in [0.3, 0.4) is 0 Å². The van der Waals surface area contributed by atoms with E-state index in [4.69, 9.17) is 0 Å². The molecule has 0 radical (unpaired) electrons. The molecule has 2 aromatic heterocycles. The van der Waals surface area contributed by atoms with Crippen molar-refractivity contribution in [2.45, 2.75) is 19.3 Å². The summed E-state index contributed by atoms with van der Waals surface area (Å²) in [5, 5.41) is 6.67. The van der Waals surface area contributed by atoms with Crippen molar-refractivity contribution in [1.82, 2.24) is 20.1 Å². The molecule has 7 heteroatoms. The first-order chi connectivity index (χ1) is 10.5. The largest absolute Gasteiger partial charge is 0.351 e. The molecule has 22 heavy (non-hydrogen) atoms. The highest BCUT2D eigenvalue weighted by Crippen LogP contribution is 2.50. The number of nitrogens with one attached hydrogen (secondary N) is 1. The fourth-order valence-corrected chi connectivity index (χ4v) is 2.35. The lowest BCUT2D eigenvalue weighted by molar-refractivity contribution is 0.0589. The third-order valence-corrected chi connectivity index (χ3v) is 3.99. The molecule has 0 aliphatic heterocycles.